The van der Waals surface area contributed by atoms with Gasteiger partial charge in [-0.2, -0.15) is 5.48 Å². The average Bonchev–Trinajstić information content (AvgIpc) is 3.44. The molecule has 3 amide bonds. The van der Waals surface area contributed by atoms with Gasteiger partial charge in [-0.25, -0.2) is 4.98 Å². The van der Waals surface area contributed by atoms with Crippen molar-refractivity contribution < 1.29 is 28.7 Å². The Morgan fingerprint density at radius 1 is 1.02 bits per heavy atom. The second-order valence-electron chi connectivity index (χ2n) is 13.5. The molecule has 3 heterocycles. The lowest BCUT2D eigenvalue weighted by Gasteiger charge is -2.30. The Hall–Kier alpha value is -5.10. The summed E-state index contributed by atoms with van der Waals surface area (Å²) in [4.78, 5) is 54.6. The van der Waals surface area contributed by atoms with E-state index in [1.165, 1.54) is 11.3 Å². The first-order chi connectivity index (χ1) is 24.8. The molecule has 0 radical (unpaired) electrons. The maximum atomic E-state index is 14.6. The number of aryl methyl sites for hydroxylation is 1. The maximum Gasteiger partial charge on any atom is 0.278 e. The number of thiazole rings is 1. The zero-order valence-electron chi connectivity index (χ0n) is 28.8. The van der Waals surface area contributed by atoms with Gasteiger partial charge in [0.15, 0.2) is 5.75 Å². The highest BCUT2D eigenvalue weighted by molar-refractivity contribution is 7.20. The third-order valence-corrected chi connectivity index (χ3v) is 10.8. The summed E-state index contributed by atoms with van der Waals surface area (Å²) in [5, 5.41) is 7.00. The summed E-state index contributed by atoms with van der Waals surface area (Å²) in [6.07, 6.45) is 8.41. The molecule has 0 bridgehead atoms. The van der Waals surface area contributed by atoms with Crippen LogP contribution in [0.3, 0.4) is 0 Å². The molecule has 0 unspecified atom stereocenters. The summed E-state index contributed by atoms with van der Waals surface area (Å²) in [6.45, 7) is 2.23. The molecule has 3 aliphatic rings. The van der Waals surface area contributed by atoms with Crippen molar-refractivity contribution in [3.05, 3.63) is 90.5 Å². The van der Waals surface area contributed by atoms with E-state index in [1.54, 1.807) is 24.1 Å². The number of hydroxylamine groups is 1. The van der Waals surface area contributed by atoms with Gasteiger partial charge in [0, 0.05) is 24.1 Å². The fourth-order valence-corrected chi connectivity index (χ4v) is 7.95. The van der Waals surface area contributed by atoms with Crippen molar-refractivity contribution in [3.8, 4) is 16.7 Å². The van der Waals surface area contributed by atoms with Crippen molar-refractivity contribution in [2.45, 2.75) is 75.6 Å². The van der Waals surface area contributed by atoms with Crippen molar-refractivity contribution in [2.24, 2.45) is 5.92 Å². The normalized spacial score (nSPS) is 25.7. The van der Waals surface area contributed by atoms with Crippen LogP contribution in [0.1, 0.15) is 50.5 Å². The van der Waals surface area contributed by atoms with Crippen LogP contribution in [0, 0.1) is 12.8 Å². The van der Waals surface area contributed by atoms with Crippen LogP contribution in [0.2, 0.25) is 0 Å². The highest BCUT2D eigenvalue weighted by Crippen LogP contribution is 2.45. The molecule has 266 valence electrons. The largest absolute Gasteiger partial charge is 0.497 e. The molecule has 2 fully saturated rings. The molecule has 1 saturated heterocycles. The molecule has 3 N–H and O–H groups in total. The Morgan fingerprint density at radius 3 is 2.71 bits per heavy atom. The third-order valence-electron chi connectivity index (χ3n) is 9.85. The van der Waals surface area contributed by atoms with E-state index >= 15 is 0 Å². The molecule has 11 nitrogen and oxygen atoms in total. The van der Waals surface area contributed by atoms with Crippen molar-refractivity contribution in [3.63, 3.8) is 0 Å². The second-order valence-corrected chi connectivity index (χ2v) is 14.5. The minimum Gasteiger partial charge on any atom is -0.497 e. The third kappa shape index (κ3) is 7.80. The number of aromatic nitrogens is 1. The molecule has 1 aliphatic carbocycles. The number of nitrogens with one attached hydrogen (secondary N) is 3. The maximum absolute atomic E-state index is 14.6. The number of amides is 3. The number of methoxy groups -OCH3 is 1. The fraction of sp³-hybridized carbons (Fsp3) is 0.385. The first kappa shape index (κ1) is 34.4. The Labute approximate surface area is 301 Å². The topological polar surface area (TPSA) is 131 Å². The minimum absolute atomic E-state index is 0.196. The molecular formula is C39H43N5O6S. The standard InChI is InChI=1S/C39H43N5O6S/c1-25-18-19-31-34(20-25)51-38(41-31)49-30-22-33-35(45)42-39(37(47)43-50-28-14-8-6-9-15-28)23-26(39)12-7-4-3-5-10-17-32(36(46)44(33)24-30)40-27-13-11-16-29(21-27)48-2/h6-9,11-16,18-21,26,30,32-33,40H,3-5,10,17,22-24H2,1-2H3,(H,42,45)(H,43,47)/b12-7-/t26-,30-,32+,33+,39-/m1/s1. The van der Waals surface area contributed by atoms with Gasteiger partial charge in [0.2, 0.25) is 11.8 Å². The van der Waals surface area contributed by atoms with E-state index in [0.717, 1.165) is 47.2 Å². The van der Waals surface area contributed by atoms with Crippen LogP contribution < -0.4 is 30.4 Å². The smallest absolute Gasteiger partial charge is 0.278 e. The summed E-state index contributed by atoms with van der Waals surface area (Å²) in [5.41, 5.74) is 4.07. The molecule has 2 aliphatic heterocycles. The molecule has 12 heteroatoms. The van der Waals surface area contributed by atoms with Gasteiger partial charge in [0.1, 0.15) is 29.5 Å². The van der Waals surface area contributed by atoms with E-state index in [4.69, 9.17) is 14.3 Å². The molecule has 5 atom stereocenters. The lowest BCUT2D eigenvalue weighted by Crippen LogP contribution is -2.57. The second kappa shape index (κ2) is 15.0. The van der Waals surface area contributed by atoms with E-state index < -0.39 is 35.5 Å². The average molecular weight is 710 g/mol. The van der Waals surface area contributed by atoms with Crippen molar-refractivity contribution in [1.82, 2.24) is 20.7 Å². The van der Waals surface area contributed by atoms with E-state index in [9.17, 15) is 14.4 Å². The van der Waals surface area contributed by atoms with Gasteiger partial charge in [-0.1, -0.05) is 66.7 Å². The Balaban J connectivity index is 1.17. The number of rotatable bonds is 8. The number of nitrogens with zero attached hydrogens (tertiary/aromatic N) is 2. The first-order valence-corrected chi connectivity index (χ1v) is 18.4. The quantitative estimate of drug-likeness (QED) is 0.151. The number of hydrogen-bond donors (Lipinski definition) is 3. The summed E-state index contributed by atoms with van der Waals surface area (Å²) in [6, 6.07) is 21.0. The highest BCUT2D eigenvalue weighted by Gasteiger charge is 2.61. The number of ether oxygens (including phenoxy) is 2. The number of hydrogen-bond acceptors (Lipinski definition) is 9. The van der Waals surface area contributed by atoms with Crippen LogP contribution in [0.15, 0.2) is 84.9 Å². The van der Waals surface area contributed by atoms with Crippen LogP contribution in [0.4, 0.5) is 5.69 Å². The lowest BCUT2D eigenvalue weighted by molar-refractivity contribution is -0.141. The molecule has 7 rings (SSSR count). The molecule has 0 spiro atoms. The van der Waals surface area contributed by atoms with E-state index in [0.29, 0.717) is 29.5 Å². The van der Waals surface area contributed by atoms with E-state index in [-0.39, 0.29) is 24.8 Å². The summed E-state index contributed by atoms with van der Waals surface area (Å²) < 4.78 is 12.8. The van der Waals surface area contributed by atoms with Crippen molar-refractivity contribution in [2.75, 3.05) is 19.0 Å². The molecule has 51 heavy (non-hydrogen) atoms. The van der Waals surface area contributed by atoms with Gasteiger partial charge in [-0.3, -0.25) is 14.4 Å². The molecular weight excluding hydrogens is 667 g/mol. The number of carbonyl (C=O) groups is 3. The predicted molar refractivity (Wildman–Crippen MR) is 196 cm³/mol. The van der Waals surface area contributed by atoms with Crippen molar-refractivity contribution >= 4 is 45.0 Å². The van der Waals surface area contributed by atoms with Crippen LogP contribution >= 0.6 is 11.3 Å². The van der Waals surface area contributed by atoms with Gasteiger partial charge in [-0.05, 0) is 74.6 Å². The zero-order valence-corrected chi connectivity index (χ0v) is 29.6. The van der Waals surface area contributed by atoms with Crippen LogP contribution in [-0.2, 0) is 14.4 Å². The lowest BCUT2D eigenvalue weighted by atomic mass is 10.0. The number of para-hydroxylation sites is 1. The van der Waals surface area contributed by atoms with Gasteiger partial charge in [0.25, 0.3) is 11.1 Å². The van der Waals surface area contributed by atoms with Crippen LogP contribution in [0.25, 0.3) is 10.2 Å². The summed E-state index contributed by atoms with van der Waals surface area (Å²) in [7, 11) is 1.61. The summed E-state index contributed by atoms with van der Waals surface area (Å²) in [5.74, 6) is -0.106. The number of allylic oxidation sites excluding steroid dienone is 1. The summed E-state index contributed by atoms with van der Waals surface area (Å²) >= 11 is 1.44. The number of fused-ring (bicyclic) bond motifs is 3. The van der Waals surface area contributed by atoms with Gasteiger partial charge >= 0.3 is 0 Å². The monoisotopic (exact) mass is 709 g/mol. The van der Waals surface area contributed by atoms with Gasteiger partial charge < -0.3 is 29.8 Å². The Bertz CT molecular complexity index is 1920. The molecule has 3 aromatic carbocycles. The zero-order chi connectivity index (χ0) is 35.4. The van der Waals surface area contributed by atoms with E-state index in [1.807, 2.05) is 67.6 Å². The number of anilines is 1. The molecule has 4 aromatic rings. The predicted octanol–water partition coefficient (Wildman–Crippen LogP) is 5.95. The minimum atomic E-state index is -1.21. The van der Waals surface area contributed by atoms with Crippen LogP contribution in [0.5, 0.6) is 16.7 Å². The first-order valence-electron chi connectivity index (χ1n) is 17.6. The van der Waals surface area contributed by atoms with Gasteiger partial charge in [-0.15, -0.1) is 0 Å². The number of benzene rings is 3. The molecule has 1 aromatic heterocycles. The van der Waals surface area contributed by atoms with Gasteiger partial charge in [0.05, 0.1) is 23.9 Å². The Morgan fingerprint density at radius 2 is 1.86 bits per heavy atom. The Kier molecular flexibility index (Phi) is 10.1. The SMILES string of the molecule is COc1cccc(N[C@H]2CCCCC/C=C\[C@@H]3C[C@@]3(C(=O)NOc3ccccc3)NC(=O)[C@@H]3C[C@@H](Oc4nc5ccc(C)cc5s4)CN3C2=O)c1. The fourth-order valence-electron chi connectivity index (χ4n) is 6.97. The van der Waals surface area contributed by atoms with Crippen molar-refractivity contribution in [1.29, 1.82) is 0 Å². The number of carbonyl (C=O) groups excluding carboxylic acids is 3. The van der Waals surface area contributed by atoms with E-state index in [2.05, 4.69) is 33.2 Å². The highest BCUT2D eigenvalue weighted by atomic mass is 32.1. The molecule has 1 saturated carbocycles. The van der Waals surface area contributed by atoms with Crippen LogP contribution in [-0.4, -0.2) is 65.0 Å².